The van der Waals surface area contributed by atoms with Crippen molar-refractivity contribution in [1.29, 1.82) is 0 Å². The maximum Gasteiger partial charge on any atom is 0.490 e. The number of aliphatic imine (C=N–C) groups is 1. The normalized spacial score (nSPS) is 24.7. The highest BCUT2D eigenvalue weighted by molar-refractivity contribution is 5.99. The van der Waals surface area contributed by atoms with E-state index in [0.29, 0.717) is 19.4 Å². The Morgan fingerprint density at radius 2 is 1.88 bits per heavy atom. The second-order valence-electron chi connectivity index (χ2n) is 11.7. The van der Waals surface area contributed by atoms with Gasteiger partial charge < -0.3 is 25.6 Å². The molecule has 4 rings (SSSR count). The van der Waals surface area contributed by atoms with Crippen LogP contribution in [0.25, 0.3) is 0 Å². The molecule has 0 saturated heterocycles. The van der Waals surface area contributed by atoms with Crippen molar-refractivity contribution in [3.8, 4) is 5.75 Å². The number of nitrogens with one attached hydrogen (secondary N) is 1. The molecule has 3 aliphatic rings. The number of amides is 2. The van der Waals surface area contributed by atoms with Crippen LogP contribution in [0.1, 0.15) is 77.8 Å². The summed E-state index contributed by atoms with van der Waals surface area (Å²) in [6.45, 7) is 8.57. The van der Waals surface area contributed by atoms with Crippen molar-refractivity contribution in [3.05, 3.63) is 29.8 Å². The predicted molar refractivity (Wildman–Crippen MR) is 149 cm³/mol. The molecule has 0 bridgehead atoms. The van der Waals surface area contributed by atoms with Gasteiger partial charge >= 0.3 is 12.1 Å². The van der Waals surface area contributed by atoms with Gasteiger partial charge in [0.05, 0.1) is 18.0 Å². The van der Waals surface area contributed by atoms with Gasteiger partial charge in [-0.2, -0.15) is 13.2 Å². The topological polar surface area (TPSA) is 144 Å². The Morgan fingerprint density at radius 1 is 1.26 bits per heavy atom. The number of carboxylic acids is 1. The van der Waals surface area contributed by atoms with Crippen LogP contribution in [0.4, 0.5) is 13.2 Å². The molecule has 2 amide bonds. The van der Waals surface area contributed by atoms with Crippen LogP contribution in [-0.2, 0) is 19.1 Å². The number of carbonyl (C=O) groups excluding carboxylic acids is 2. The summed E-state index contributed by atoms with van der Waals surface area (Å²) >= 11 is 0. The molecule has 1 aromatic rings. The Labute approximate surface area is 243 Å². The minimum Gasteiger partial charge on any atom is -0.487 e. The first-order valence-electron chi connectivity index (χ1n) is 14.1. The summed E-state index contributed by atoms with van der Waals surface area (Å²) in [5.74, 6) is -1.81. The molecule has 0 spiro atoms. The number of carbonyl (C=O) groups is 3. The van der Waals surface area contributed by atoms with E-state index in [4.69, 9.17) is 25.1 Å². The van der Waals surface area contributed by atoms with Crippen molar-refractivity contribution in [1.82, 2.24) is 10.2 Å². The van der Waals surface area contributed by atoms with E-state index in [9.17, 15) is 22.8 Å². The van der Waals surface area contributed by atoms with E-state index in [0.717, 1.165) is 37.0 Å². The number of rotatable bonds is 9. The van der Waals surface area contributed by atoms with Crippen LogP contribution in [-0.4, -0.2) is 70.8 Å². The van der Waals surface area contributed by atoms with E-state index in [1.807, 2.05) is 38.1 Å². The average Bonchev–Trinajstić information content (AvgIpc) is 3.70. The number of nitrogens with two attached hydrogens (primary N) is 1. The number of aliphatic carboxylic acids is 1. The average molecular weight is 599 g/mol. The summed E-state index contributed by atoms with van der Waals surface area (Å²) in [6.07, 6.45) is -0.953. The molecular formula is C29H41F3N4O6. The number of ether oxygens (including phenoxy) is 2. The second-order valence-corrected chi connectivity index (χ2v) is 11.7. The fourth-order valence-corrected chi connectivity index (χ4v) is 5.76. The molecule has 42 heavy (non-hydrogen) atoms. The highest BCUT2D eigenvalue weighted by Crippen LogP contribution is 2.47. The molecule has 1 unspecified atom stereocenters. The zero-order valence-corrected chi connectivity index (χ0v) is 24.7. The van der Waals surface area contributed by atoms with E-state index >= 15 is 0 Å². The van der Waals surface area contributed by atoms with Gasteiger partial charge in [0, 0.05) is 37.7 Å². The number of carboxylic acid groups (broad SMARTS) is 1. The summed E-state index contributed by atoms with van der Waals surface area (Å²) in [4.78, 5) is 41.6. The first-order chi connectivity index (χ1) is 19.6. The van der Waals surface area contributed by atoms with E-state index in [1.54, 1.807) is 12.0 Å². The zero-order chi connectivity index (χ0) is 31.5. The van der Waals surface area contributed by atoms with Crippen LogP contribution in [0.15, 0.2) is 29.3 Å². The number of nitrogens with zero attached hydrogens (tertiary/aromatic N) is 2. The third-order valence-corrected chi connectivity index (χ3v) is 8.18. The van der Waals surface area contributed by atoms with Crippen LogP contribution in [0.3, 0.4) is 0 Å². The number of para-hydroxylation sites is 1. The molecule has 13 heteroatoms. The van der Waals surface area contributed by atoms with Crippen LogP contribution >= 0.6 is 0 Å². The lowest BCUT2D eigenvalue weighted by atomic mass is 9.83. The van der Waals surface area contributed by atoms with Gasteiger partial charge in [0.2, 0.25) is 11.8 Å². The molecule has 2 heterocycles. The summed E-state index contributed by atoms with van der Waals surface area (Å²) < 4.78 is 43.5. The summed E-state index contributed by atoms with van der Waals surface area (Å²) in [7, 11) is 1.64. The number of halogens is 3. The molecule has 10 nitrogen and oxygen atoms in total. The SMILES string of the molecule is CCC1(CC)CC(NC(=O)[C@@H]2C[C@H]2[C@H](CCOC)N2C(=O)CC(C)(C)N=C2N)c2ccccc2O1.O=C(O)C(F)(F)F. The molecule has 234 valence electrons. The standard InChI is InChI=1S/C27H40N4O4.C2HF3O2/c1-6-27(7-2)15-20(17-10-8-9-11-22(17)35-27)29-24(33)19-14-18(19)21(12-13-34-5)31-23(32)16-26(3,4)30-25(31)28;3-2(4,5)1(6)7/h8-11,18-21H,6-7,12-16H2,1-5H3,(H2,28,30)(H,29,33);(H,6,7)/t18-,19-,20?,21+;/m1./s1. The lowest BCUT2D eigenvalue weighted by Gasteiger charge is -2.41. The number of alkyl halides is 3. The van der Waals surface area contributed by atoms with E-state index in [-0.39, 0.29) is 47.3 Å². The van der Waals surface area contributed by atoms with Gasteiger partial charge in [-0.05, 0) is 51.5 Å². The molecule has 0 aromatic heterocycles. The number of hydrogen-bond acceptors (Lipinski definition) is 7. The molecule has 1 aromatic carbocycles. The van der Waals surface area contributed by atoms with Gasteiger partial charge in [0.25, 0.3) is 0 Å². The summed E-state index contributed by atoms with van der Waals surface area (Å²) in [5, 5.41) is 10.4. The maximum absolute atomic E-state index is 13.5. The van der Waals surface area contributed by atoms with E-state index < -0.39 is 17.7 Å². The Kier molecular flexibility index (Phi) is 10.2. The van der Waals surface area contributed by atoms with Gasteiger partial charge in [-0.15, -0.1) is 0 Å². The molecule has 1 saturated carbocycles. The third-order valence-electron chi connectivity index (χ3n) is 8.18. The van der Waals surface area contributed by atoms with Crippen molar-refractivity contribution >= 4 is 23.7 Å². The fourth-order valence-electron chi connectivity index (χ4n) is 5.76. The van der Waals surface area contributed by atoms with Crippen LogP contribution in [0.2, 0.25) is 0 Å². The quantitative estimate of drug-likeness (QED) is 0.387. The molecule has 1 aliphatic carbocycles. The molecule has 4 N–H and O–H groups in total. The lowest BCUT2D eigenvalue weighted by molar-refractivity contribution is -0.192. The van der Waals surface area contributed by atoms with E-state index in [2.05, 4.69) is 24.2 Å². The first-order valence-corrected chi connectivity index (χ1v) is 14.1. The summed E-state index contributed by atoms with van der Waals surface area (Å²) in [6, 6.07) is 7.67. The minimum atomic E-state index is -5.08. The van der Waals surface area contributed by atoms with Crippen LogP contribution in [0, 0.1) is 11.8 Å². The highest BCUT2D eigenvalue weighted by atomic mass is 19.4. The van der Waals surface area contributed by atoms with Gasteiger partial charge in [0.1, 0.15) is 11.4 Å². The highest BCUT2D eigenvalue weighted by Gasteiger charge is 2.52. The predicted octanol–water partition coefficient (Wildman–Crippen LogP) is 4.19. The van der Waals surface area contributed by atoms with E-state index in [1.165, 1.54) is 0 Å². The van der Waals surface area contributed by atoms with Gasteiger partial charge in [-0.25, -0.2) is 9.79 Å². The number of fused-ring (bicyclic) bond motifs is 1. The Bertz CT molecular complexity index is 1180. The third kappa shape index (κ3) is 7.73. The fraction of sp³-hybridized carbons (Fsp3) is 0.655. The lowest BCUT2D eigenvalue weighted by Crippen LogP contribution is -2.55. The van der Waals surface area contributed by atoms with Crippen LogP contribution < -0.4 is 15.8 Å². The first kappa shape index (κ1) is 33.2. The number of methoxy groups -OCH3 is 1. The van der Waals surface area contributed by atoms with Crippen molar-refractivity contribution in [3.63, 3.8) is 0 Å². The molecule has 0 radical (unpaired) electrons. The van der Waals surface area contributed by atoms with Gasteiger partial charge in [-0.1, -0.05) is 32.0 Å². The minimum absolute atomic E-state index is 0.0283. The van der Waals surface area contributed by atoms with Crippen molar-refractivity contribution in [2.24, 2.45) is 22.6 Å². The molecule has 4 atom stereocenters. The molecule has 2 aliphatic heterocycles. The number of benzene rings is 1. The Balaban J connectivity index is 0.000000616. The number of guanidine groups is 1. The summed E-state index contributed by atoms with van der Waals surface area (Å²) in [5.41, 5.74) is 6.50. The van der Waals surface area contributed by atoms with Crippen molar-refractivity contribution < 1.29 is 42.1 Å². The smallest absolute Gasteiger partial charge is 0.487 e. The Hall–Kier alpha value is -3.35. The number of hydrogen-bond donors (Lipinski definition) is 3. The molecule has 1 fully saturated rings. The van der Waals surface area contributed by atoms with Crippen molar-refractivity contribution in [2.75, 3.05) is 13.7 Å². The zero-order valence-electron chi connectivity index (χ0n) is 24.7. The molecular weight excluding hydrogens is 557 g/mol. The van der Waals surface area contributed by atoms with Gasteiger partial charge in [0.15, 0.2) is 5.96 Å². The maximum atomic E-state index is 13.5. The monoisotopic (exact) mass is 598 g/mol. The van der Waals surface area contributed by atoms with Gasteiger partial charge in [-0.3, -0.25) is 14.5 Å². The Morgan fingerprint density at radius 3 is 2.43 bits per heavy atom. The van der Waals surface area contributed by atoms with Crippen LogP contribution in [0.5, 0.6) is 5.75 Å². The van der Waals surface area contributed by atoms with Crippen molar-refractivity contribution in [2.45, 2.75) is 95.6 Å². The second kappa shape index (κ2) is 12.9. The largest absolute Gasteiger partial charge is 0.490 e.